The maximum absolute atomic E-state index is 9.02. The topological polar surface area (TPSA) is 51.6 Å². The van der Waals surface area contributed by atoms with Crippen molar-refractivity contribution in [3.63, 3.8) is 0 Å². The monoisotopic (exact) mass is 245 g/mol. The third-order valence-electron chi connectivity index (χ3n) is 2.55. The standard InChI is InChI=1S/C14H15NO3/c1-10-7-11(9-16)8-15-14(10)18-13-6-4-3-5-12(13)17-2/h3-8,16H,9H2,1-2H3. The quantitative estimate of drug-likeness (QED) is 0.899. The first-order chi connectivity index (χ1) is 8.74. The maximum Gasteiger partial charge on any atom is 0.222 e. The van der Waals surface area contributed by atoms with Crippen LogP contribution in [0.4, 0.5) is 0 Å². The number of benzene rings is 1. The normalized spacial score (nSPS) is 10.2. The molecule has 1 N–H and O–H groups in total. The molecule has 0 aliphatic carbocycles. The van der Waals surface area contributed by atoms with Crippen molar-refractivity contribution >= 4 is 0 Å². The number of aromatic nitrogens is 1. The van der Waals surface area contributed by atoms with Crippen LogP contribution in [0.1, 0.15) is 11.1 Å². The lowest BCUT2D eigenvalue weighted by Crippen LogP contribution is -1.95. The second-order valence-electron chi connectivity index (χ2n) is 3.88. The van der Waals surface area contributed by atoms with E-state index in [-0.39, 0.29) is 6.61 Å². The van der Waals surface area contributed by atoms with E-state index in [1.165, 1.54) is 0 Å². The van der Waals surface area contributed by atoms with Gasteiger partial charge >= 0.3 is 0 Å². The fourth-order valence-corrected chi connectivity index (χ4v) is 1.62. The van der Waals surface area contributed by atoms with E-state index in [1.54, 1.807) is 13.3 Å². The number of para-hydroxylation sites is 2. The fraction of sp³-hybridized carbons (Fsp3) is 0.214. The summed E-state index contributed by atoms with van der Waals surface area (Å²) in [5, 5.41) is 9.02. The first-order valence-electron chi connectivity index (χ1n) is 5.62. The Morgan fingerprint density at radius 3 is 2.56 bits per heavy atom. The molecule has 2 aromatic rings. The Hall–Kier alpha value is -2.07. The Bertz CT molecular complexity index is 540. The minimum absolute atomic E-state index is 0.0250. The molecule has 0 aliphatic rings. The molecule has 0 radical (unpaired) electrons. The van der Waals surface area contributed by atoms with Crippen LogP contribution in [-0.2, 0) is 6.61 Å². The Morgan fingerprint density at radius 1 is 1.22 bits per heavy atom. The van der Waals surface area contributed by atoms with Gasteiger partial charge in [-0.15, -0.1) is 0 Å². The second kappa shape index (κ2) is 5.51. The lowest BCUT2D eigenvalue weighted by atomic mass is 10.2. The number of aliphatic hydroxyl groups is 1. The average molecular weight is 245 g/mol. The molecule has 0 amide bonds. The van der Waals surface area contributed by atoms with Crippen molar-refractivity contribution in [2.24, 2.45) is 0 Å². The van der Waals surface area contributed by atoms with E-state index in [0.29, 0.717) is 17.4 Å². The van der Waals surface area contributed by atoms with Crippen LogP contribution >= 0.6 is 0 Å². The van der Waals surface area contributed by atoms with E-state index in [0.717, 1.165) is 11.1 Å². The summed E-state index contributed by atoms with van der Waals surface area (Å²) in [5.41, 5.74) is 1.63. The molecule has 1 heterocycles. The second-order valence-corrected chi connectivity index (χ2v) is 3.88. The first kappa shape index (κ1) is 12.4. The minimum Gasteiger partial charge on any atom is -0.493 e. The number of nitrogens with zero attached hydrogens (tertiary/aromatic N) is 1. The molecule has 0 unspecified atom stereocenters. The van der Waals surface area contributed by atoms with Gasteiger partial charge in [0, 0.05) is 11.8 Å². The lowest BCUT2D eigenvalue weighted by Gasteiger charge is -2.11. The van der Waals surface area contributed by atoms with Gasteiger partial charge in [0.1, 0.15) is 0 Å². The predicted octanol–water partition coefficient (Wildman–Crippen LogP) is 2.68. The lowest BCUT2D eigenvalue weighted by molar-refractivity contribution is 0.281. The Morgan fingerprint density at radius 2 is 1.94 bits per heavy atom. The molecular formula is C14H15NO3. The van der Waals surface area contributed by atoms with Crippen LogP contribution in [0.15, 0.2) is 36.5 Å². The van der Waals surface area contributed by atoms with Crippen LogP contribution in [0.25, 0.3) is 0 Å². The minimum atomic E-state index is -0.0250. The van der Waals surface area contributed by atoms with Gasteiger partial charge in [0.05, 0.1) is 13.7 Å². The highest BCUT2D eigenvalue weighted by Gasteiger charge is 2.08. The molecule has 4 nitrogen and oxygen atoms in total. The van der Waals surface area contributed by atoms with Gasteiger partial charge in [0.2, 0.25) is 5.88 Å². The number of hydrogen-bond donors (Lipinski definition) is 1. The number of pyridine rings is 1. The van der Waals surface area contributed by atoms with E-state index >= 15 is 0 Å². The number of hydrogen-bond acceptors (Lipinski definition) is 4. The molecule has 0 bridgehead atoms. The zero-order valence-electron chi connectivity index (χ0n) is 10.4. The van der Waals surface area contributed by atoms with Crippen LogP contribution in [0, 0.1) is 6.92 Å². The van der Waals surface area contributed by atoms with Crippen molar-refractivity contribution in [2.75, 3.05) is 7.11 Å². The summed E-state index contributed by atoms with van der Waals surface area (Å²) >= 11 is 0. The summed E-state index contributed by atoms with van der Waals surface area (Å²) in [4.78, 5) is 4.18. The number of rotatable bonds is 4. The molecule has 0 atom stereocenters. The van der Waals surface area contributed by atoms with Gasteiger partial charge < -0.3 is 14.6 Å². The molecule has 94 valence electrons. The van der Waals surface area contributed by atoms with E-state index in [1.807, 2.05) is 37.3 Å². The zero-order chi connectivity index (χ0) is 13.0. The third-order valence-corrected chi connectivity index (χ3v) is 2.55. The van der Waals surface area contributed by atoms with Crippen molar-refractivity contribution < 1.29 is 14.6 Å². The fourth-order valence-electron chi connectivity index (χ4n) is 1.62. The molecule has 2 rings (SSSR count). The zero-order valence-corrected chi connectivity index (χ0v) is 10.4. The Kier molecular flexibility index (Phi) is 3.79. The summed E-state index contributed by atoms with van der Waals surface area (Å²) in [6, 6.07) is 9.24. The van der Waals surface area contributed by atoms with Crippen LogP contribution in [0.5, 0.6) is 17.4 Å². The van der Waals surface area contributed by atoms with Crippen molar-refractivity contribution in [3.8, 4) is 17.4 Å². The molecule has 0 fully saturated rings. The molecular weight excluding hydrogens is 230 g/mol. The number of aryl methyl sites for hydroxylation is 1. The first-order valence-corrected chi connectivity index (χ1v) is 5.62. The Labute approximate surface area is 106 Å². The molecule has 1 aromatic carbocycles. The molecule has 4 heteroatoms. The molecule has 18 heavy (non-hydrogen) atoms. The summed E-state index contributed by atoms with van der Waals surface area (Å²) < 4.78 is 10.9. The van der Waals surface area contributed by atoms with Gasteiger partial charge in [0.25, 0.3) is 0 Å². The van der Waals surface area contributed by atoms with Crippen molar-refractivity contribution in [1.82, 2.24) is 4.98 Å². The van der Waals surface area contributed by atoms with Crippen LogP contribution < -0.4 is 9.47 Å². The van der Waals surface area contributed by atoms with E-state index in [4.69, 9.17) is 14.6 Å². The largest absolute Gasteiger partial charge is 0.493 e. The maximum atomic E-state index is 9.02. The van der Waals surface area contributed by atoms with Gasteiger partial charge in [0.15, 0.2) is 11.5 Å². The molecule has 0 spiro atoms. The van der Waals surface area contributed by atoms with Gasteiger partial charge in [-0.3, -0.25) is 0 Å². The van der Waals surface area contributed by atoms with Crippen molar-refractivity contribution in [3.05, 3.63) is 47.7 Å². The van der Waals surface area contributed by atoms with Gasteiger partial charge in [-0.25, -0.2) is 4.98 Å². The van der Waals surface area contributed by atoms with Gasteiger partial charge in [-0.1, -0.05) is 12.1 Å². The van der Waals surface area contributed by atoms with Crippen molar-refractivity contribution in [1.29, 1.82) is 0 Å². The van der Waals surface area contributed by atoms with Crippen LogP contribution in [0.3, 0.4) is 0 Å². The van der Waals surface area contributed by atoms with Crippen LogP contribution in [0.2, 0.25) is 0 Å². The predicted molar refractivity (Wildman–Crippen MR) is 68.0 cm³/mol. The number of ether oxygens (including phenoxy) is 2. The molecule has 0 aliphatic heterocycles. The highest BCUT2D eigenvalue weighted by atomic mass is 16.5. The van der Waals surface area contributed by atoms with Gasteiger partial charge in [-0.05, 0) is 30.7 Å². The van der Waals surface area contributed by atoms with E-state index < -0.39 is 0 Å². The average Bonchev–Trinajstić information content (AvgIpc) is 2.41. The molecule has 0 saturated carbocycles. The summed E-state index contributed by atoms with van der Waals surface area (Å²) in [7, 11) is 1.59. The van der Waals surface area contributed by atoms with Crippen LogP contribution in [-0.4, -0.2) is 17.2 Å². The number of aliphatic hydroxyl groups excluding tert-OH is 1. The smallest absolute Gasteiger partial charge is 0.222 e. The molecule has 0 saturated heterocycles. The summed E-state index contributed by atoms with van der Waals surface area (Å²) in [5.74, 6) is 1.79. The third kappa shape index (κ3) is 2.60. The SMILES string of the molecule is COc1ccccc1Oc1ncc(CO)cc1C. The number of methoxy groups -OCH3 is 1. The van der Waals surface area contributed by atoms with Gasteiger partial charge in [-0.2, -0.15) is 0 Å². The van der Waals surface area contributed by atoms with E-state index in [9.17, 15) is 0 Å². The Balaban J connectivity index is 2.28. The molecule has 1 aromatic heterocycles. The van der Waals surface area contributed by atoms with E-state index in [2.05, 4.69) is 4.98 Å². The summed E-state index contributed by atoms with van der Waals surface area (Å²) in [6.07, 6.45) is 1.59. The summed E-state index contributed by atoms with van der Waals surface area (Å²) in [6.45, 7) is 1.86. The highest BCUT2D eigenvalue weighted by molar-refractivity contribution is 5.42. The van der Waals surface area contributed by atoms with Crippen molar-refractivity contribution in [2.45, 2.75) is 13.5 Å². The highest BCUT2D eigenvalue weighted by Crippen LogP contribution is 2.31.